The van der Waals surface area contributed by atoms with E-state index in [1.165, 1.54) is 38.5 Å². The van der Waals surface area contributed by atoms with Gasteiger partial charge in [-0.3, -0.25) is 0 Å². The van der Waals surface area contributed by atoms with E-state index >= 15 is 0 Å². The lowest BCUT2D eigenvalue weighted by molar-refractivity contribution is 0.480. The molecule has 0 nitrogen and oxygen atoms in total. The van der Waals surface area contributed by atoms with Gasteiger partial charge in [-0.1, -0.05) is 93.9 Å². The van der Waals surface area contributed by atoms with Gasteiger partial charge in [-0.15, -0.1) is 0 Å². The Hall–Kier alpha value is 0. The van der Waals surface area contributed by atoms with Gasteiger partial charge in [-0.2, -0.15) is 0 Å². The molecular formula is C18H40. The van der Waals surface area contributed by atoms with Gasteiger partial charge >= 0.3 is 0 Å². The molecule has 0 aromatic rings. The van der Waals surface area contributed by atoms with Crippen molar-refractivity contribution in [1.82, 2.24) is 0 Å². The van der Waals surface area contributed by atoms with E-state index in [1.807, 2.05) is 0 Å². The van der Waals surface area contributed by atoms with Crippen LogP contribution in [-0.2, 0) is 0 Å². The Morgan fingerprint density at radius 3 is 0.667 bits per heavy atom. The van der Waals surface area contributed by atoms with E-state index < -0.39 is 0 Å². The highest BCUT2D eigenvalue weighted by Gasteiger charge is 1.96. The third kappa shape index (κ3) is 25.0. The van der Waals surface area contributed by atoms with Crippen LogP contribution in [0.2, 0.25) is 0 Å². The quantitative estimate of drug-likeness (QED) is 0.441. The zero-order valence-corrected chi connectivity index (χ0v) is 14.6. The summed E-state index contributed by atoms with van der Waals surface area (Å²) in [5.74, 6) is 3.57. The van der Waals surface area contributed by atoms with Crippen molar-refractivity contribution in [3.63, 3.8) is 0 Å². The van der Waals surface area contributed by atoms with Crippen molar-refractivity contribution in [3.8, 4) is 0 Å². The molecule has 0 heteroatoms. The summed E-state index contributed by atoms with van der Waals surface area (Å²) in [7, 11) is 0. The Bertz CT molecular complexity index is 108. The first-order chi connectivity index (χ1) is 8.25. The number of rotatable bonds is 8. The Labute approximate surface area is 118 Å². The average molecular weight is 257 g/mol. The fourth-order valence-electron chi connectivity index (χ4n) is 1.87. The molecule has 0 aromatic carbocycles. The summed E-state index contributed by atoms with van der Waals surface area (Å²) < 4.78 is 0. The molecule has 0 fully saturated rings. The van der Waals surface area contributed by atoms with Crippen molar-refractivity contribution < 1.29 is 0 Å². The van der Waals surface area contributed by atoms with Gasteiger partial charge in [0.15, 0.2) is 0 Å². The SMILES string of the molecule is CC(C)CCCC(C)C.CC(C)CCCC(C)C. The molecule has 112 valence electrons. The molecule has 0 saturated heterocycles. The maximum atomic E-state index is 2.29. The Balaban J connectivity index is 0. The van der Waals surface area contributed by atoms with E-state index in [9.17, 15) is 0 Å². The highest BCUT2D eigenvalue weighted by Crippen LogP contribution is 2.11. The van der Waals surface area contributed by atoms with Crippen molar-refractivity contribution in [1.29, 1.82) is 0 Å². The summed E-state index contributed by atoms with van der Waals surface area (Å²) in [6, 6.07) is 0. The first-order valence-corrected chi connectivity index (χ1v) is 8.25. The average Bonchev–Trinajstić information content (AvgIpc) is 2.15. The Morgan fingerprint density at radius 2 is 0.556 bits per heavy atom. The molecule has 0 spiro atoms. The van der Waals surface area contributed by atoms with E-state index in [-0.39, 0.29) is 0 Å². The van der Waals surface area contributed by atoms with E-state index in [0.717, 1.165) is 23.7 Å². The van der Waals surface area contributed by atoms with Gasteiger partial charge in [-0.05, 0) is 23.7 Å². The summed E-state index contributed by atoms with van der Waals surface area (Å²) in [4.78, 5) is 0. The third-order valence-electron chi connectivity index (χ3n) is 3.13. The largest absolute Gasteiger partial charge is 0.0628 e. The standard InChI is InChI=1S/2C9H20/c2*1-8(2)6-5-7-9(3)4/h2*8-9H,5-7H2,1-4H3. The van der Waals surface area contributed by atoms with E-state index in [1.54, 1.807) is 0 Å². The van der Waals surface area contributed by atoms with E-state index in [0.29, 0.717) is 0 Å². The summed E-state index contributed by atoms with van der Waals surface area (Å²) in [6.45, 7) is 18.3. The van der Waals surface area contributed by atoms with Crippen LogP contribution in [-0.4, -0.2) is 0 Å². The first kappa shape index (κ1) is 20.3. The molecule has 0 amide bonds. The number of hydrogen-bond donors (Lipinski definition) is 0. The molecule has 18 heavy (non-hydrogen) atoms. The van der Waals surface area contributed by atoms with E-state index in [4.69, 9.17) is 0 Å². The van der Waals surface area contributed by atoms with Crippen LogP contribution in [0.5, 0.6) is 0 Å². The summed E-state index contributed by atoms with van der Waals surface area (Å²) in [5, 5.41) is 0. The lowest BCUT2D eigenvalue weighted by Crippen LogP contribution is -1.91. The second-order valence-corrected chi connectivity index (χ2v) is 7.44. The molecule has 0 aliphatic heterocycles. The predicted molar refractivity (Wildman–Crippen MR) is 87.1 cm³/mol. The Kier molecular flexibility index (Phi) is 15.2. The molecule has 0 aliphatic carbocycles. The zero-order chi connectivity index (χ0) is 14.6. The van der Waals surface area contributed by atoms with Crippen LogP contribution in [0.15, 0.2) is 0 Å². The topological polar surface area (TPSA) is 0 Å². The molecular weight excluding hydrogens is 216 g/mol. The van der Waals surface area contributed by atoms with Crippen LogP contribution < -0.4 is 0 Å². The fraction of sp³-hybridized carbons (Fsp3) is 1.00. The molecule has 0 aromatic heterocycles. The monoisotopic (exact) mass is 256 g/mol. The number of hydrogen-bond acceptors (Lipinski definition) is 0. The zero-order valence-electron chi connectivity index (χ0n) is 14.6. The highest BCUT2D eigenvalue weighted by atomic mass is 14.0. The van der Waals surface area contributed by atoms with Gasteiger partial charge in [0.1, 0.15) is 0 Å². The third-order valence-corrected chi connectivity index (χ3v) is 3.13. The predicted octanol–water partition coefficient (Wildman–Crippen LogP) is 6.94. The van der Waals surface area contributed by atoms with Crippen molar-refractivity contribution in [2.24, 2.45) is 23.7 Å². The molecule has 0 atom stereocenters. The molecule has 0 heterocycles. The van der Waals surface area contributed by atoms with Crippen LogP contribution >= 0.6 is 0 Å². The summed E-state index contributed by atoms with van der Waals surface area (Å²) in [6.07, 6.45) is 8.43. The van der Waals surface area contributed by atoms with Gasteiger partial charge in [0.2, 0.25) is 0 Å². The maximum absolute atomic E-state index is 2.29. The maximum Gasteiger partial charge on any atom is -0.0471 e. The van der Waals surface area contributed by atoms with Gasteiger partial charge in [0.25, 0.3) is 0 Å². The molecule has 0 N–H and O–H groups in total. The van der Waals surface area contributed by atoms with Crippen LogP contribution in [0.1, 0.15) is 93.9 Å². The minimum Gasteiger partial charge on any atom is -0.0628 e. The minimum absolute atomic E-state index is 0.892. The molecule has 0 bridgehead atoms. The van der Waals surface area contributed by atoms with Gasteiger partial charge in [0, 0.05) is 0 Å². The second kappa shape index (κ2) is 13.4. The van der Waals surface area contributed by atoms with Gasteiger partial charge < -0.3 is 0 Å². The lowest BCUT2D eigenvalue weighted by atomic mass is 10.0. The second-order valence-electron chi connectivity index (χ2n) is 7.44. The van der Waals surface area contributed by atoms with Crippen LogP contribution in [0.25, 0.3) is 0 Å². The fourth-order valence-corrected chi connectivity index (χ4v) is 1.87. The molecule has 0 rings (SSSR count). The molecule has 0 radical (unpaired) electrons. The normalized spacial score (nSPS) is 11.3. The van der Waals surface area contributed by atoms with E-state index in [2.05, 4.69) is 55.4 Å². The summed E-state index contributed by atoms with van der Waals surface area (Å²) >= 11 is 0. The molecule has 0 saturated carbocycles. The smallest absolute Gasteiger partial charge is 0.0471 e. The van der Waals surface area contributed by atoms with Crippen LogP contribution in [0.4, 0.5) is 0 Å². The lowest BCUT2D eigenvalue weighted by Gasteiger charge is -2.05. The molecule has 0 unspecified atom stereocenters. The Morgan fingerprint density at radius 1 is 0.389 bits per heavy atom. The van der Waals surface area contributed by atoms with Crippen LogP contribution in [0.3, 0.4) is 0 Å². The van der Waals surface area contributed by atoms with Crippen molar-refractivity contribution in [3.05, 3.63) is 0 Å². The van der Waals surface area contributed by atoms with Crippen molar-refractivity contribution >= 4 is 0 Å². The highest BCUT2D eigenvalue weighted by molar-refractivity contribution is 4.49. The van der Waals surface area contributed by atoms with Crippen molar-refractivity contribution in [2.45, 2.75) is 93.9 Å². The van der Waals surface area contributed by atoms with Gasteiger partial charge in [0.05, 0.1) is 0 Å². The van der Waals surface area contributed by atoms with Gasteiger partial charge in [-0.25, -0.2) is 0 Å². The molecule has 0 aliphatic rings. The van der Waals surface area contributed by atoms with Crippen molar-refractivity contribution in [2.75, 3.05) is 0 Å². The van der Waals surface area contributed by atoms with Crippen LogP contribution in [0, 0.1) is 23.7 Å². The summed E-state index contributed by atoms with van der Waals surface area (Å²) in [5.41, 5.74) is 0. The first-order valence-electron chi connectivity index (χ1n) is 8.25. The minimum atomic E-state index is 0.892.